The Labute approximate surface area is 205 Å². The lowest BCUT2D eigenvalue weighted by Gasteiger charge is -2.29. The van der Waals surface area contributed by atoms with Crippen molar-refractivity contribution in [3.05, 3.63) is 65.0 Å². The van der Waals surface area contributed by atoms with Crippen LogP contribution in [-0.4, -0.2) is 43.5 Å². The number of carbonyl (C=O) groups excluding carboxylic acids is 2. The van der Waals surface area contributed by atoms with Crippen LogP contribution in [0, 0.1) is 17.7 Å². The van der Waals surface area contributed by atoms with E-state index in [4.69, 9.17) is 0 Å². The Morgan fingerprint density at radius 1 is 1.08 bits per heavy atom. The van der Waals surface area contributed by atoms with Gasteiger partial charge in [-0.3, -0.25) is 9.59 Å². The molecular weight excluding hydrogens is 500 g/mol. The van der Waals surface area contributed by atoms with E-state index in [0.717, 1.165) is 31.6 Å². The number of nitrogens with zero attached hydrogens (tertiary/aromatic N) is 1. The summed E-state index contributed by atoms with van der Waals surface area (Å²) in [7, 11) is -3.53. The van der Waals surface area contributed by atoms with E-state index in [1.165, 1.54) is 35.2 Å². The molecule has 4 atom stereocenters. The second-order valence-electron chi connectivity index (χ2n) is 9.89. The predicted molar refractivity (Wildman–Crippen MR) is 121 cm³/mol. The molecule has 2 aliphatic carbocycles. The lowest BCUT2D eigenvalue weighted by Crippen LogP contribution is -2.49. The maximum absolute atomic E-state index is 14.2. The molecule has 1 aliphatic heterocycles. The zero-order chi connectivity index (χ0) is 26.0. The number of hydrogen-bond donors (Lipinski definition) is 1. The van der Waals surface area contributed by atoms with Crippen molar-refractivity contribution in [2.45, 2.75) is 54.9 Å². The third kappa shape index (κ3) is 4.72. The summed E-state index contributed by atoms with van der Waals surface area (Å²) >= 11 is 0. The molecular formula is C25H24F4N2O4S. The summed E-state index contributed by atoms with van der Waals surface area (Å²) in [6.07, 6.45) is -1.11. The molecule has 6 nitrogen and oxygen atoms in total. The molecule has 3 fully saturated rings. The van der Waals surface area contributed by atoms with Gasteiger partial charge in [0.15, 0.2) is 9.84 Å². The number of fused-ring (bicyclic) bond motifs is 1. The molecule has 1 heterocycles. The summed E-state index contributed by atoms with van der Waals surface area (Å²) in [5, 5.41) is 2.86. The van der Waals surface area contributed by atoms with Gasteiger partial charge in [0.2, 0.25) is 5.91 Å². The summed E-state index contributed by atoms with van der Waals surface area (Å²) in [6.45, 7) is 0. The highest BCUT2D eigenvalue weighted by Crippen LogP contribution is 2.49. The summed E-state index contributed by atoms with van der Waals surface area (Å²) in [5.41, 5.74) is -0.957. The Bertz CT molecular complexity index is 1340. The molecule has 2 aromatic carbocycles. The Morgan fingerprint density at radius 2 is 1.81 bits per heavy atom. The van der Waals surface area contributed by atoms with E-state index in [9.17, 15) is 35.6 Å². The molecule has 11 heteroatoms. The highest BCUT2D eigenvalue weighted by Gasteiger charge is 2.56. The van der Waals surface area contributed by atoms with Crippen molar-refractivity contribution in [3.63, 3.8) is 0 Å². The van der Waals surface area contributed by atoms with Gasteiger partial charge in [-0.1, -0.05) is 12.1 Å². The fraction of sp³-hybridized carbons (Fsp3) is 0.440. The smallest absolute Gasteiger partial charge is 0.347 e. The zero-order valence-electron chi connectivity index (χ0n) is 19.3. The van der Waals surface area contributed by atoms with Crippen molar-refractivity contribution >= 4 is 21.7 Å². The molecule has 192 valence electrons. The second kappa shape index (κ2) is 8.57. The van der Waals surface area contributed by atoms with Gasteiger partial charge < -0.3 is 10.2 Å². The number of nitrogens with one attached hydrogen (secondary N) is 1. The van der Waals surface area contributed by atoms with Gasteiger partial charge in [-0.05, 0) is 73.4 Å². The van der Waals surface area contributed by atoms with Gasteiger partial charge in [-0.25, -0.2) is 12.8 Å². The van der Waals surface area contributed by atoms with Crippen molar-refractivity contribution in [1.82, 2.24) is 10.2 Å². The van der Waals surface area contributed by atoms with Gasteiger partial charge >= 0.3 is 6.18 Å². The third-order valence-corrected chi connectivity index (χ3v) is 8.31. The quantitative estimate of drug-likeness (QED) is 0.577. The number of halogens is 4. The first-order valence-corrected chi connectivity index (χ1v) is 13.5. The van der Waals surface area contributed by atoms with Crippen molar-refractivity contribution in [2.75, 3.05) is 6.26 Å². The molecule has 2 amide bonds. The summed E-state index contributed by atoms with van der Waals surface area (Å²) in [4.78, 5) is 28.2. The largest absolute Gasteiger partial charge is 0.419 e. The van der Waals surface area contributed by atoms with Gasteiger partial charge in [-0.2, -0.15) is 13.2 Å². The number of amides is 2. The minimum atomic E-state index is -4.82. The van der Waals surface area contributed by atoms with E-state index >= 15 is 0 Å². The summed E-state index contributed by atoms with van der Waals surface area (Å²) < 4.78 is 77.0. The first kappa shape index (κ1) is 24.7. The maximum Gasteiger partial charge on any atom is 0.419 e. The van der Waals surface area contributed by atoms with E-state index < -0.39 is 51.3 Å². The molecule has 3 aliphatic rings. The molecule has 1 N–H and O–H groups in total. The number of alkyl halides is 3. The average molecular weight is 525 g/mol. The number of rotatable bonds is 6. The Kier molecular flexibility index (Phi) is 5.89. The number of sulfone groups is 1. The van der Waals surface area contributed by atoms with E-state index in [1.807, 2.05) is 0 Å². The van der Waals surface area contributed by atoms with E-state index in [1.54, 1.807) is 0 Å². The second-order valence-corrected chi connectivity index (χ2v) is 11.9. The van der Waals surface area contributed by atoms with Crippen LogP contribution in [0.5, 0.6) is 0 Å². The molecule has 2 saturated carbocycles. The van der Waals surface area contributed by atoms with Gasteiger partial charge in [0.25, 0.3) is 5.91 Å². The Morgan fingerprint density at radius 3 is 2.42 bits per heavy atom. The van der Waals surface area contributed by atoms with Crippen LogP contribution >= 0.6 is 0 Å². The van der Waals surface area contributed by atoms with Crippen LogP contribution in [0.4, 0.5) is 17.6 Å². The third-order valence-electron chi connectivity index (χ3n) is 7.20. The van der Waals surface area contributed by atoms with E-state index in [-0.39, 0.29) is 33.9 Å². The number of benzene rings is 2. The molecule has 0 bridgehead atoms. The monoisotopic (exact) mass is 524 g/mol. The SMILES string of the molecule is CS(=O)(=O)c1cccc(C(=O)N2[C@@H](C(=O)NC(c3ccc(C(F)(F)F)c(F)c3)C3CC3)C[C@H]3C[C@H]32)c1. The highest BCUT2D eigenvalue weighted by atomic mass is 32.2. The topological polar surface area (TPSA) is 83.6 Å². The van der Waals surface area contributed by atoms with Crippen LogP contribution < -0.4 is 5.32 Å². The van der Waals surface area contributed by atoms with Gasteiger partial charge in [0.1, 0.15) is 11.9 Å². The number of hydrogen-bond acceptors (Lipinski definition) is 4. The van der Waals surface area contributed by atoms with Crippen LogP contribution in [0.15, 0.2) is 47.4 Å². The molecule has 1 unspecified atom stereocenters. The number of likely N-dealkylation sites (tertiary alicyclic amines) is 1. The first-order chi connectivity index (χ1) is 16.8. The van der Waals surface area contributed by atoms with E-state index in [0.29, 0.717) is 12.5 Å². The standard InChI is InChI=1S/C25H24F4N2O4S/c1-36(34,35)17-4-2-3-15(9-17)24(33)31-20-11-16(20)12-21(31)23(32)30-22(13-5-6-13)14-7-8-18(19(26)10-14)25(27,28)29/h2-4,7-10,13,16,20-22H,5-6,11-12H2,1H3,(H,30,32)/t16-,20-,21-,22?/m1/s1. The molecule has 5 rings (SSSR count). The highest BCUT2D eigenvalue weighted by molar-refractivity contribution is 7.90. The molecule has 1 saturated heterocycles. The minimum absolute atomic E-state index is 0.000904. The normalized spacial score (nSPS) is 24.2. The predicted octanol–water partition coefficient (Wildman–Crippen LogP) is 4.12. The number of carbonyl (C=O) groups is 2. The Balaban J connectivity index is 1.37. The fourth-order valence-corrected chi connectivity index (χ4v) is 5.77. The van der Waals surface area contributed by atoms with Crippen molar-refractivity contribution < 1.29 is 35.6 Å². The fourth-order valence-electron chi connectivity index (χ4n) is 5.10. The van der Waals surface area contributed by atoms with Crippen molar-refractivity contribution in [3.8, 4) is 0 Å². The van der Waals surface area contributed by atoms with Crippen LogP contribution in [0.25, 0.3) is 0 Å². The molecule has 36 heavy (non-hydrogen) atoms. The maximum atomic E-state index is 14.2. The van der Waals surface area contributed by atoms with Crippen LogP contribution in [0.1, 0.15) is 53.2 Å². The first-order valence-electron chi connectivity index (χ1n) is 11.6. The lowest BCUT2D eigenvalue weighted by molar-refractivity contribution is -0.140. The number of piperidine rings is 1. The molecule has 2 aromatic rings. The molecule has 0 aromatic heterocycles. The van der Waals surface area contributed by atoms with Crippen molar-refractivity contribution in [1.29, 1.82) is 0 Å². The zero-order valence-corrected chi connectivity index (χ0v) is 20.1. The van der Waals surface area contributed by atoms with Gasteiger partial charge in [0.05, 0.1) is 16.5 Å². The van der Waals surface area contributed by atoms with Gasteiger partial charge in [0, 0.05) is 17.9 Å². The molecule has 0 spiro atoms. The Hall–Kier alpha value is -2.95. The van der Waals surface area contributed by atoms with Crippen LogP contribution in [0.2, 0.25) is 0 Å². The average Bonchev–Trinajstić information content (AvgIpc) is 3.73. The summed E-state index contributed by atoms with van der Waals surface area (Å²) in [5.74, 6) is -2.17. The molecule has 0 radical (unpaired) electrons. The summed E-state index contributed by atoms with van der Waals surface area (Å²) in [6, 6.07) is 6.74. The van der Waals surface area contributed by atoms with Crippen LogP contribution in [-0.2, 0) is 20.8 Å². The lowest BCUT2D eigenvalue weighted by atomic mass is 9.99. The van der Waals surface area contributed by atoms with Crippen molar-refractivity contribution in [2.24, 2.45) is 11.8 Å². The minimum Gasteiger partial charge on any atom is -0.347 e. The van der Waals surface area contributed by atoms with Crippen LogP contribution in [0.3, 0.4) is 0 Å². The van der Waals surface area contributed by atoms with E-state index in [2.05, 4.69) is 5.32 Å². The van der Waals surface area contributed by atoms with Gasteiger partial charge in [-0.15, -0.1) is 0 Å².